The molecule has 0 saturated carbocycles. The molecule has 0 aromatic heterocycles. The van der Waals surface area contributed by atoms with Gasteiger partial charge in [-0.3, -0.25) is 0 Å². The highest BCUT2D eigenvalue weighted by atomic mass is 79.9. The fraction of sp³-hybridized carbons (Fsp3) is 0.571. The van der Waals surface area contributed by atoms with Crippen molar-refractivity contribution in [1.82, 2.24) is 0 Å². The maximum absolute atomic E-state index is 9.86. The van der Waals surface area contributed by atoms with E-state index in [9.17, 15) is 5.11 Å². The van der Waals surface area contributed by atoms with E-state index < -0.39 is 0 Å². The standard InChI is InChI=1S/C14H20BrClO/c1-10(2)6-4-3-5-7-11-8-12(16)9-13(15)14(11)17/h8-10,17H,3-7H2,1-2H3. The second kappa shape index (κ2) is 7.27. The van der Waals surface area contributed by atoms with Crippen molar-refractivity contribution >= 4 is 27.5 Å². The van der Waals surface area contributed by atoms with Crippen LogP contribution in [0.5, 0.6) is 5.75 Å². The van der Waals surface area contributed by atoms with Crippen molar-refractivity contribution in [2.45, 2.75) is 46.0 Å². The lowest BCUT2D eigenvalue weighted by molar-refractivity contribution is 0.461. The van der Waals surface area contributed by atoms with Gasteiger partial charge in [0.05, 0.1) is 4.47 Å². The van der Waals surface area contributed by atoms with E-state index in [1.54, 1.807) is 6.07 Å². The zero-order valence-electron chi connectivity index (χ0n) is 10.5. The SMILES string of the molecule is CC(C)CCCCCc1cc(Cl)cc(Br)c1O. The number of halogens is 2. The van der Waals surface area contributed by atoms with E-state index in [-0.39, 0.29) is 0 Å². The molecule has 0 aliphatic carbocycles. The second-order valence-electron chi connectivity index (χ2n) is 4.89. The van der Waals surface area contributed by atoms with E-state index in [1.165, 1.54) is 19.3 Å². The van der Waals surface area contributed by atoms with Gasteiger partial charge in [-0.2, -0.15) is 0 Å². The molecule has 0 fully saturated rings. The number of unbranched alkanes of at least 4 members (excludes halogenated alkanes) is 2. The summed E-state index contributed by atoms with van der Waals surface area (Å²) in [6.07, 6.45) is 5.75. The highest BCUT2D eigenvalue weighted by molar-refractivity contribution is 9.10. The molecule has 3 heteroatoms. The Kier molecular flexibility index (Phi) is 6.35. The first-order chi connectivity index (χ1) is 8.00. The number of hydrogen-bond acceptors (Lipinski definition) is 1. The van der Waals surface area contributed by atoms with Crippen LogP contribution in [-0.2, 0) is 6.42 Å². The Labute approximate surface area is 117 Å². The molecule has 0 saturated heterocycles. The van der Waals surface area contributed by atoms with Gasteiger partial charge in [0.25, 0.3) is 0 Å². The van der Waals surface area contributed by atoms with Gasteiger partial charge < -0.3 is 5.11 Å². The minimum atomic E-state index is 0.332. The van der Waals surface area contributed by atoms with E-state index in [1.807, 2.05) is 6.07 Å². The Morgan fingerprint density at radius 2 is 1.94 bits per heavy atom. The first kappa shape index (κ1) is 14.8. The van der Waals surface area contributed by atoms with E-state index in [4.69, 9.17) is 11.6 Å². The number of hydrogen-bond donors (Lipinski definition) is 1. The van der Waals surface area contributed by atoms with Gasteiger partial charge in [0.1, 0.15) is 5.75 Å². The number of phenols is 1. The summed E-state index contributed by atoms with van der Waals surface area (Å²) in [6, 6.07) is 3.57. The Hall–Kier alpha value is -0.210. The lowest BCUT2D eigenvalue weighted by atomic mass is 10.0. The Morgan fingerprint density at radius 3 is 2.59 bits per heavy atom. The third kappa shape index (κ3) is 5.31. The van der Waals surface area contributed by atoms with E-state index in [0.717, 1.165) is 24.3 Å². The molecule has 1 rings (SSSR count). The molecule has 1 N–H and O–H groups in total. The van der Waals surface area contributed by atoms with Gasteiger partial charge in [-0.15, -0.1) is 0 Å². The molecular formula is C14H20BrClO. The summed E-state index contributed by atoms with van der Waals surface area (Å²) < 4.78 is 0.683. The Bertz CT molecular complexity index is 363. The maximum atomic E-state index is 9.86. The Morgan fingerprint density at radius 1 is 1.24 bits per heavy atom. The predicted molar refractivity (Wildman–Crippen MR) is 77.8 cm³/mol. The van der Waals surface area contributed by atoms with Crippen molar-refractivity contribution in [1.29, 1.82) is 0 Å². The quantitative estimate of drug-likeness (QED) is 0.680. The number of benzene rings is 1. The van der Waals surface area contributed by atoms with E-state index in [2.05, 4.69) is 29.8 Å². The summed E-state index contributed by atoms with van der Waals surface area (Å²) in [4.78, 5) is 0. The molecule has 0 atom stereocenters. The van der Waals surface area contributed by atoms with Crippen LogP contribution in [0, 0.1) is 5.92 Å². The summed E-state index contributed by atoms with van der Waals surface area (Å²) >= 11 is 9.27. The lowest BCUT2D eigenvalue weighted by Crippen LogP contribution is -1.90. The third-order valence-electron chi connectivity index (χ3n) is 2.83. The van der Waals surface area contributed by atoms with Crippen molar-refractivity contribution in [2.75, 3.05) is 0 Å². The highest BCUT2D eigenvalue weighted by Gasteiger charge is 2.07. The van der Waals surface area contributed by atoms with Crippen LogP contribution in [0.2, 0.25) is 5.02 Å². The van der Waals surface area contributed by atoms with Crippen LogP contribution in [-0.4, -0.2) is 5.11 Å². The molecule has 96 valence electrons. The molecule has 0 heterocycles. The molecule has 0 unspecified atom stereocenters. The molecule has 0 spiro atoms. The van der Waals surface area contributed by atoms with Gasteiger partial charge in [-0.05, 0) is 52.4 Å². The summed E-state index contributed by atoms with van der Waals surface area (Å²) in [5, 5.41) is 10.5. The zero-order chi connectivity index (χ0) is 12.8. The highest BCUT2D eigenvalue weighted by Crippen LogP contribution is 2.32. The third-order valence-corrected chi connectivity index (χ3v) is 3.66. The maximum Gasteiger partial charge on any atom is 0.133 e. The van der Waals surface area contributed by atoms with Crippen LogP contribution < -0.4 is 0 Å². The lowest BCUT2D eigenvalue weighted by Gasteiger charge is -2.08. The monoisotopic (exact) mass is 318 g/mol. The number of aromatic hydroxyl groups is 1. The molecule has 1 aromatic rings. The summed E-state index contributed by atoms with van der Waals surface area (Å²) in [5.41, 5.74) is 0.939. The molecule has 0 amide bonds. The first-order valence-corrected chi connectivity index (χ1v) is 7.34. The topological polar surface area (TPSA) is 20.2 Å². The van der Waals surface area contributed by atoms with Gasteiger partial charge in [0.2, 0.25) is 0 Å². The van der Waals surface area contributed by atoms with Crippen molar-refractivity contribution in [2.24, 2.45) is 5.92 Å². The fourth-order valence-corrected chi connectivity index (χ4v) is 2.73. The average molecular weight is 320 g/mol. The number of aryl methyl sites for hydroxylation is 1. The summed E-state index contributed by atoms with van der Waals surface area (Å²) in [7, 11) is 0. The van der Waals surface area contributed by atoms with Gasteiger partial charge >= 0.3 is 0 Å². The smallest absolute Gasteiger partial charge is 0.133 e. The molecule has 0 radical (unpaired) electrons. The van der Waals surface area contributed by atoms with Crippen LogP contribution in [0.1, 0.15) is 45.1 Å². The molecule has 1 nitrogen and oxygen atoms in total. The van der Waals surface area contributed by atoms with Gasteiger partial charge in [-0.1, -0.05) is 44.7 Å². The summed E-state index contributed by atoms with van der Waals surface area (Å²) in [5.74, 6) is 1.11. The van der Waals surface area contributed by atoms with Crippen LogP contribution in [0.25, 0.3) is 0 Å². The summed E-state index contributed by atoms with van der Waals surface area (Å²) in [6.45, 7) is 4.50. The molecule has 17 heavy (non-hydrogen) atoms. The van der Waals surface area contributed by atoms with Crippen LogP contribution in [0.3, 0.4) is 0 Å². The number of phenolic OH excluding ortho intramolecular Hbond substituents is 1. The van der Waals surface area contributed by atoms with Crippen molar-refractivity contribution in [3.05, 3.63) is 27.2 Å². The van der Waals surface area contributed by atoms with Crippen molar-refractivity contribution in [3.8, 4) is 5.75 Å². The van der Waals surface area contributed by atoms with Crippen molar-refractivity contribution in [3.63, 3.8) is 0 Å². The van der Waals surface area contributed by atoms with Gasteiger partial charge in [-0.25, -0.2) is 0 Å². The van der Waals surface area contributed by atoms with Crippen LogP contribution in [0.4, 0.5) is 0 Å². The van der Waals surface area contributed by atoms with E-state index in [0.29, 0.717) is 15.2 Å². The average Bonchev–Trinajstić information content (AvgIpc) is 2.23. The first-order valence-electron chi connectivity index (χ1n) is 6.17. The number of rotatable bonds is 6. The largest absolute Gasteiger partial charge is 0.506 e. The van der Waals surface area contributed by atoms with Gasteiger partial charge in [0, 0.05) is 5.02 Å². The van der Waals surface area contributed by atoms with Crippen LogP contribution >= 0.6 is 27.5 Å². The van der Waals surface area contributed by atoms with Gasteiger partial charge in [0.15, 0.2) is 0 Å². The van der Waals surface area contributed by atoms with E-state index >= 15 is 0 Å². The minimum Gasteiger partial charge on any atom is -0.506 e. The normalized spacial score (nSPS) is 11.1. The predicted octanol–water partition coefficient (Wildman–Crippen LogP) is 5.57. The molecule has 1 aromatic carbocycles. The fourth-order valence-electron chi connectivity index (χ4n) is 1.85. The zero-order valence-corrected chi connectivity index (χ0v) is 12.8. The molecule has 0 aliphatic rings. The van der Waals surface area contributed by atoms with Crippen LogP contribution in [0.15, 0.2) is 16.6 Å². The molecule has 0 aliphatic heterocycles. The Balaban J connectivity index is 2.41. The minimum absolute atomic E-state index is 0.332. The molecular weight excluding hydrogens is 300 g/mol. The van der Waals surface area contributed by atoms with Crippen molar-refractivity contribution < 1.29 is 5.11 Å². The molecule has 0 bridgehead atoms. The second-order valence-corrected chi connectivity index (χ2v) is 6.18.